The number of hydrogen-bond donors (Lipinski definition) is 0. The van der Waals surface area contributed by atoms with Crippen molar-refractivity contribution in [2.75, 3.05) is 7.05 Å². The van der Waals surface area contributed by atoms with E-state index in [-0.39, 0.29) is 5.91 Å². The van der Waals surface area contributed by atoms with E-state index in [4.69, 9.17) is 0 Å². The summed E-state index contributed by atoms with van der Waals surface area (Å²) in [6, 6.07) is 3.57. The topological polar surface area (TPSA) is 73.8 Å². The molecule has 0 N–H and O–H groups in total. The Hall–Kier alpha value is -2.90. The number of aryl methyl sites for hydroxylation is 2. The maximum absolute atomic E-state index is 12.5. The molecule has 0 radical (unpaired) electrons. The van der Waals surface area contributed by atoms with Gasteiger partial charge in [-0.15, -0.1) is 0 Å². The quantitative estimate of drug-likeness (QED) is 0.701. The molecular weight excluding hydrogens is 294 g/mol. The summed E-state index contributed by atoms with van der Waals surface area (Å²) in [5.41, 5.74) is 2.37. The molecule has 0 fully saturated rings. The molecule has 23 heavy (non-hydrogen) atoms. The molecule has 0 aromatic carbocycles. The van der Waals surface area contributed by atoms with Gasteiger partial charge in [0.1, 0.15) is 12.4 Å². The first-order valence-electron chi connectivity index (χ1n) is 7.28. The lowest BCUT2D eigenvalue weighted by Crippen LogP contribution is -2.27. The summed E-state index contributed by atoms with van der Waals surface area (Å²) in [5.74, 6) is -0.118. The van der Waals surface area contributed by atoms with Crippen molar-refractivity contribution in [2.45, 2.75) is 20.1 Å². The average molecular weight is 313 g/mol. The van der Waals surface area contributed by atoms with Crippen molar-refractivity contribution < 1.29 is 4.79 Å². The Kier molecular flexibility index (Phi) is 3.96. The van der Waals surface area contributed by atoms with E-state index < -0.39 is 0 Å². The van der Waals surface area contributed by atoms with Crippen molar-refractivity contribution in [2.24, 2.45) is 7.05 Å². The molecule has 8 heteroatoms. The predicted molar refractivity (Wildman–Crippen MR) is 83.6 cm³/mol. The van der Waals surface area contributed by atoms with Gasteiger partial charge in [-0.25, -0.2) is 0 Å². The third-order valence-corrected chi connectivity index (χ3v) is 3.58. The van der Waals surface area contributed by atoms with Crippen molar-refractivity contribution in [3.8, 4) is 0 Å². The van der Waals surface area contributed by atoms with Gasteiger partial charge < -0.3 is 4.90 Å². The highest BCUT2D eigenvalue weighted by Gasteiger charge is 2.16. The van der Waals surface area contributed by atoms with E-state index in [1.165, 1.54) is 0 Å². The average Bonchev–Trinajstić information content (AvgIpc) is 3.22. The van der Waals surface area contributed by atoms with Crippen LogP contribution >= 0.6 is 0 Å². The first-order chi connectivity index (χ1) is 11.0. The largest absolute Gasteiger partial charge is 0.336 e. The molecule has 0 aliphatic rings. The highest BCUT2D eigenvalue weighted by Crippen LogP contribution is 2.10. The van der Waals surface area contributed by atoms with E-state index in [9.17, 15) is 4.79 Å². The summed E-state index contributed by atoms with van der Waals surface area (Å²) in [6.45, 7) is 2.92. The summed E-state index contributed by atoms with van der Waals surface area (Å²) >= 11 is 0. The van der Waals surface area contributed by atoms with Gasteiger partial charge in [-0.1, -0.05) is 0 Å². The Bertz CT molecular complexity index is 800. The van der Waals surface area contributed by atoms with Crippen molar-refractivity contribution >= 4 is 5.91 Å². The second-order valence-electron chi connectivity index (χ2n) is 5.50. The molecule has 0 saturated carbocycles. The zero-order valence-electron chi connectivity index (χ0n) is 13.4. The van der Waals surface area contributed by atoms with Crippen LogP contribution in [0.5, 0.6) is 0 Å². The molecule has 3 aromatic heterocycles. The zero-order valence-corrected chi connectivity index (χ0v) is 13.4. The molecule has 0 aliphatic heterocycles. The van der Waals surface area contributed by atoms with Crippen molar-refractivity contribution in [3.05, 3.63) is 53.9 Å². The normalized spacial score (nSPS) is 10.9. The van der Waals surface area contributed by atoms with Gasteiger partial charge in [0, 0.05) is 51.0 Å². The maximum atomic E-state index is 12.5. The molecule has 3 heterocycles. The number of nitrogens with zero attached hydrogens (tertiary/aromatic N) is 7. The van der Waals surface area contributed by atoms with Crippen LogP contribution in [0.1, 0.15) is 21.7 Å². The molecular formula is C15H19N7O. The summed E-state index contributed by atoms with van der Waals surface area (Å²) in [7, 11) is 3.64. The third kappa shape index (κ3) is 3.31. The Morgan fingerprint density at radius 1 is 1.26 bits per heavy atom. The fourth-order valence-corrected chi connectivity index (χ4v) is 2.41. The van der Waals surface area contributed by atoms with Crippen LogP contribution < -0.4 is 0 Å². The monoisotopic (exact) mass is 313 g/mol. The van der Waals surface area contributed by atoms with Crippen molar-refractivity contribution in [1.82, 2.24) is 34.2 Å². The Morgan fingerprint density at radius 2 is 2.09 bits per heavy atom. The Balaban J connectivity index is 1.67. The van der Waals surface area contributed by atoms with Crippen molar-refractivity contribution in [3.63, 3.8) is 0 Å². The van der Waals surface area contributed by atoms with Gasteiger partial charge in [-0.2, -0.15) is 15.3 Å². The molecule has 3 aromatic rings. The first kappa shape index (κ1) is 15.0. The zero-order chi connectivity index (χ0) is 16.4. The second-order valence-corrected chi connectivity index (χ2v) is 5.50. The van der Waals surface area contributed by atoms with Crippen LogP contribution in [0, 0.1) is 6.92 Å². The number of rotatable bonds is 5. The van der Waals surface area contributed by atoms with E-state index in [1.54, 1.807) is 44.5 Å². The number of carbonyl (C=O) groups is 1. The van der Waals surface area contributed by atoms with Crippen molar-refractivity contribution in [1.29, 1.82) is 0 Å². The minimum absolute atomic E-state index is 0.118. The van der Waals surface area contributed by atoms with E-state index in [0.717, 1.165) is 11.3 Å². The van der Waals surface area contributed by atoms with Gasteiger partial charge in [0.15, 0.2) is 0 Å². The molecule has 0 atom stereocenters. The van der Waals surface area contributed by atoms with Gasteiger partial charge in [-0.3, -0.25) is 18.8 Å². The van der Waals surface area contributed by atoms with Crippen LogP contribution in [0.4, 0.5) is 0 Å². The molecule has 0 unspecified atom stereocenters. The second kappa shape index (κ2) is 6.07. The molecule has 120 valence electrons. The summed E-state index contributed by atoms with van der Waals surface area (Å²) in [4.78, 5) is 14.1. The molecule has 0 bridgehead atoms. The Morgan fingerprint density at radius 3 is 2.74 bits per heavy atom. The predicted octanol–water partition coefficient (Wildman–Crippen LogP) is 0.900. The summed E-state index contributed by atoms with van der Waals surface area (Å²) < 4.78 is 5.18. The lowest BCUT2D eigenvalue weighted by Gasteiger charge is -2.15. The SMILES string of the molecule is Cc1nn(C)cc1CN(C)C(=O)c1ccn(Cn2cccn2)n1. The van der Waals surface area contributed by atoms with Crippen LogP contribution in [-0.2, 0) is 20.3 Å². The lowest BCUT2D eigenvalue weighted by molar-refractivity contribution is 0.0778. The van der Waals surface area contributed by atoms with Gasteiger partial charge in [0.25, 0.3) is 5.91 Å². The van der Waals surface area contributed by atoms with E-state index in [0.29, 0.717) is 18.9 Å². The number of aromatic nitrogens is 6. The summed E-state index contributed by atoms with van der Waals surface area (Å²) in [6.07, 6.45) is 7.26. The standard InChI is InChI=1S/C15H19N7O/c1-12-13(10-20(3)17-12)9-19(2)15(23)14-5-8-22(18-14)11-21-7-4-6-16-21/h4-8,10H,9,11H2,1-3H3. The minimum Gasteiger partial charge on any atom is -0.336 e. The Labute approximate surface area is 133 Å². The van der Waals surface area contributed by atoms with Crippen LogP contribution in [0.2, 0.25) is 0 Å². The van der Waals surface area contributed by atoms with E-state index in [1.807, 2.05) is 32.4 Å². The highest BCUT2D eigenvalue weighted by atomic mass is 16.2. The van der Waals surface area contributed by atoms with Gasteiger partial charge in [-0.05, 0) is 19.1 Å². The van der Waals surface area contributed by atoms with Gasteiger partial charge in [0.2, 0.25) is 0 Å². The fourth-order valence-electron chi connectivity index (χ4n) is 2.41. The molecule has 0 aliphatic carbocycles. The van der Waals surface area contributed by atoms with Crippen LogP contribution in [0.25, 0.3) is 0 Å². The van der Waals surface area contributed by atoms with E-state index in [2.05, 4.69) is 15.3 Å². The van der Waals surface area contributed by atoms with Crippen LogP contribution in [-0.4, -0.2) is 47.2 Å². The highest BCUT2D eigenvalue weighted by molar-refractivity contribution is 5.91. The molecule has 8 nitrogen and oxygen atoms in total. The van der Waals surface area contributed by atoms with Crippen LogP contribution in [0.3, 0.4) is 0 Å². The van der Waals surface area contributed by atoms with Crippen LogP contribution in [0.15, 0.2) is 36.9 Å². The number of hydrogen-bond acceptors (Lipinski definition) is 4. The molecule has 3 rings (SSSR count). The fraction of sp³-hybridized carbons (Fsp3) is 0.333. The smallest absolute Gasteiger partial charge is 0.274 e. The van der Waals surface area contributed by atoms with E-state index >= 15 is 0 Å². The third-order valence-electron chi connectivity index (χ3n) is 3.58. The maximum Gasteiger partial charge on any atom is 0.274 e. The van der Waals surface area contributed by atoms with Gasteiger partial charge >= 0.3 is 0 Å². The van der Waals surface area contributed by atoms with Gasteiger partial charge in [0.05, 0.1) is 5.69 Å². The molecule has 0 spiro atoms. The first-order valence-corrected chi connectivity index (χ1v) is 7.28. The number of carbonyl (C=O) groups excluding carboxylic acids is 1. The summed E-state index contributed by atoms with van der Waals surface area (Å²) in [5, 5.41) is 12.7. The molecule has 0 saturated heterocycles. The minimum atomic E-state index is -0.118. The molecule has 1 amide bonds. The number of amides is 1. The lowest BCUT2D eigenvalue weighted by atomic mass is 10.2.